The summed E-state index contributed by atoms with van der Waals surface area (Å²) < 4.78 is 27.0. The number of ether oxygens (including phenoxy) is 1. The second-order valence-electron chi connectivity index (χ2n) is 10.4. The zero-order valence-corrected chi connectivity index (χ0v) is 23.1. The zero-order chi connectivity index (χ0) is 28.3. The average molecular weight is 545 g/mol. The first-order chi connectivity index (χ1) is 19.3. The maximum absolute atomic E-state index is 13.8. The molecule has 0 saturated carbocycles. The molecule has 2 aromatic carbocycles. The van der Waals surface area contributed by atoms with Gasteiger partial charge in [0, 0.05) is 23.0 Å². The molecule has 0 aliphatic heterocycles. The molecule has 208 valence electrons. The molecule has 10 heteroatoms. The van der Waals surface area contributed by atoms with Gasteiger partial charge in [0.2, 0.25) is 0 Å². The van der Waals surface area contributed by atoms with Gasteiger partial charge in [-0.05, 0) is 91.7 Å². The van der Waals surface area contributed by atoms with E-state index >= 15 is 0 Å². The van der Waals surface area contributed by atoms with E-state index in [4.69, 9.17) is 9.15 Å². The van der Waals surface area contributed by atoms with Crippen molar-refractivity contribution in [3.8, 4) is 5.75 Å². The summed E-state index contributed by atoms with van der Waals surface area (Å²) in [5.41, 5.74) is 1.35. The van der Waals surface area contributed by atoms with Crippen LogP contribution < -0.4 is 10.3 Å². The van der Waals surface area contributed by atoms with Crippen LogP contribution in [-0.4, -0.2) is 36.7 Å². The van der Waals surface area contributed by atoms with Crippen molar-refractivity contribution in [3.63, 3.8) is 0 Å². The number of aromatic amines is 1. The zero-order valence-electron chi connectivity index (χ0n) is 23.1. The first kappa shape index (κ1) is 27.3. The van der Waals surface area contributed by atoms with Crippen molar-refractivity contribution in [2.45, 2.75) is 58.8 Å². The van der Waals surface area contributed by atoms with E-state index in [0.717, 1.165) is 17.4 Å². The lowest BCUT2D eigenvalue weighted by Crippen LogP contribution is -2.38. The summed E-state index contributed by atoms with van der Waals surface area (Å²) in [5.74, 6) is 1.62. The third kappa shape index (κ3) is 5.67. The third-order valence-electron chi connectivity index (χ3n) is 7.23. The van der Waals surface area contributed by atoms with Gasteiger partial charge >= 0.3 is 0 Å². The smallest absolute Gasteiger partial charge is 0.253 e. The van der Waals surface area contributed by atoms with Crippen LogP contribution in [0.15, 0.2) is 76.1 Å². The van der Waals surface area contributed by atoms with Crippen molar-refractivity contribution < 1.29 is 13.5 Å². The minimum atomic E-state index is -0.667. The van der Waals surface area contributed by atoms with Gasteiger partial charge in [-0.25, -0.2) is 9.07 Å². The molecule has 9 nitrogen and oxygen atoms in total. The van der Waals surface area contributed by atoms with Crippen molar-refractivity contribution in [1.29, 1.82) is 0 Å². The number of hydrogen-bond donors (Lipinski definition) is 1. The summed E-state index contributed by atoms with van der Waals surface area (Å²) in [6, 6.07) is 16.8. The number of rotatable bonds is 11. The molecule has 0 bridgehead atoms. The van der Waals surface area contributed by atoms with E-state index in [1.807, 2.05) is 43.3 Å². The molecule has 0 amide bonds. The van der Waals surface area contributed by atoms with Crippen LogP contribution in [-0.2, 0) is 18.6 Å². The summed E-state index contributed by atoms with van der Waals surface area (Å²) in [7, 11) is 0. The molecule has 3 heterocycles. The van der Waals surface area contributed by atoms with Crippen LogP contribution in [0, 0.1) is 5.82 Å². The number of halogens is 1. The van der Waals surface area contributed by atoms with Crippen molar-refractivity contribution in [3.05, 3.63) is 106 Å². The van der Waals surface area contributed by atoms with E-state index in [-0.39, 0.29) is 11.4 Å². The highest BCUT2D eigenvalue weighted by molar-refractivity contribution is 5.80. The third-order valence-corrected chi connectivity index (χ3v) is 7.23. The second kappa shape index (κ2) is 11.4. The molecule has 5 rings (SSSR count). The molecule has 40 heavy (non-hydrogen) atoms. The van der Waals surface area contributed by atoms with Crippen molar-refractivity contribution in [1.82, 2.24) is 30.1 Å². The quantitative estimate of drug-likeness (QED) is 0.232. The summed E-state index contributed by atoms with van der Waals surface area (Å²) in [6.07, 6.45) is 2.38. The second-order valence-corrected chi connectivity index (χ2v) is 10.4. The van der Waals surface area contributed by atoms with Gasteiger partial charge in [0.15, 0.2) is 5.82 Å². The summed E-state index contributed by atoms with van der Waals surface area (Å²) >= 11 is 0. The van der Waals surface area contributed by atoms with Gasteiger partial charge in [0.1, 0.15) is 23.4 Å². The van der Waals surface area contributed by atoms with E-state index in [9.17, 15) is 9.18 Å². The standard InChI is InChI=1S/C30H33FN6O3/c1-5-30(3,4)37-28(33-34-35-37)27(25-17-21-16-23(39-6-2)13-14-26(21)32-29(25)38)36(19-24-8-7-15-40-24)18-20-9-11-22(31)12-10-20/h7-17,27H,5-6,18-19H2,1-4H3,(H,32,38). The minimum Gasteiger partial charge on any atom is -0.494 e. The number of H-pyrrole nitrogens is 1. The molecule has 1 atom stereocenters. The molecule has 0 radical (unpaired) electrons. The van der Waals surface area contributed by atoms with Gasteiger partial charge in [-0.3, -0.25) is 9.69 Å². The molecule has 3 aromatic heterocycles. The van der Waals surface area contributed by atoms with E-state index in [2.05, 4.69) is 46.2 Å². The Morgan fingerprint density at radius 1 is 1.10 bits per heavy atom. The first-order valence-corrected chi connectivity index (χ1v) is 13.4. The fraction of sp³-hybridized carbons (Fsp3) is 0.333. The molecule has 0 fully saturated rings. The molecular formula is C30H33FN6O3. The van der Waals surface area contributed by atoms with Crippen molar-refractivity contribution in [2.24, 2.45) is 0 Å². The highest BCUT2D eigenvalue weighted by Gasteiger charge is 2.35. The van der Waals surface area contributed by atoms with Crippen LogP contribution in [0.1, 0.15) is 62.9 Å². The Hall–Kier alpha value is -4.31. The molecule has 1 N–H and O–H groups in total. The van der Waals surface area contributed by atoms with Crippen LogP contribution in [0.3, 0.4) is 0 Å². The largest absolute Gasteiger partial charge is 0.494 e. The van der Waals surface area contributed by atoms with Crippen LogP contribution >= 0.6 is 0 Å². The fourth-order valence-corrected chi connectivity index (χ4v) is 4.77. The van der Waals surface area contributed by atoms with Crippen LogP contribution in [0.2, 0.25) is 0 Å². The Balaban J connectivity index is 1.72. The number of aromatic nitrogens is 5. The summed E-state index contributed by atoms with van der Waals surface area (Å²) in [4.78, 5) is 18.9. The highest BCUT2D eigenvalue weighted by Crippen LogP contribution is 2.33. The highest BCUT2D eigenvalue weighted by atomic mass is 19.1. The summed E-state index contributed by atoms with van der Waals surface area (Å²) in [6.45, 7) is 9.36. The normalized spacial score (nSPS) is 12.8. The number of fused-ring (bicyclic) bond motifs is 1. The van der Waals surface area contributed by atoms with Gasteiger partial charge in [0.25, 0.3) is 5.56 Å². The predicted octanol–water partition coefficient (Wildman–Crippen LogP) is 5.58. The number of nitrogens with one attached hydrogen (secondary N) is 1. The van der Waals surface area contributed by atoms with Crippen LogP contribution in [0.5, 0.6) is 5.75 Å². The number of furan rings is 1. The van der Waals surface area contributed by atoms with E-state index < -0.39 is 11.6 Å². The molecular weight excluding hydrogens is 511 g/mol. The molecule has 5 aromatic rings. The van der Waals surface area contributed by atoms with E-state index in [1.54, 1.807) is 23.1 Å². The first-order valence-electron chi connectivity index (χ1n) is 13.4. The molecule has 0 saturated heterocycles. The Labute approximate surface area is 231 Å². The Morgan fingerprint density at radius 3 is 2.60 bits per heavy atom. The Morgan fingerprint density at radius 2 is 1.90 bits per heavy atom. The Bertz CT molecular complexity index is 1630. The number of tetrazole rings is 1. The van der Waals surface area contributed by atoms with Gasteiger partial charge < -0.3 is 14.1 Å². The van der Waals surface area contributed by atoms with Gasteiger partial charge in [-0.2, -0.15) is 0 Å². The monoisotopic (exact) mass is 544 g/mol. The molecule has 0 aliphatic carbocycles. The topological polar surface area (TPSA) is 102 Å². The molecule has 1 unspecified atom stereocenters. The maximum atomic E-state index is 13.8. The Kier molecular flexibility index (Phi) is 7.79. The van der Waals surface area contributed by atoms with Crippen LogP contribution in [0.4, 0.5) is 4.39 Å². The lowest BCUT2D eigenvalue weighted by Gasteiger charge is -2.33. The molecule has 0 spiro atoms. The number of pyridine rings is 1. The van der Waals surface area contributed by atoms with E-state index in [1.165, 1.54) is 12.1 Å². The minimum absolute atomic E-state index is 0.255. The van der Waals surface area contributed by atoms with Gasteiger partial charge in [-0.1, -0.05) is 19.1 Å². The van der Waals surface area contributed by atoms with Gasteiger partial charge in [0.05, 0.1) is 25.0 Å². The van der Waals surface area contributed by atoms with Crippen LogP contribution in [0.25, 0.3) is 10.9 Å². The molecule has 0 aliphatic rings. The van der Waals surface area contributed by atoms with Gasteiger partial charge in [-0.15, -0.1) is 5.10 Å². The van der Waals surface area contributed by atoms with Crippen molar-refractivity contribution >= 4 is 10.9 Å². The average Bonchev–Trinajstić information content (AvgIpc) is 3.64. The fourth-order valence-electron chi connectivity index (χ4n) is 4.77. The number of benzene rings is 2. The maximum Gasteiger partial charge on any atom is 0.253 e. The van der Waals surface area contributed by atoms with Crippen molar-refractivity contribution in [2.75, 3.05) is 6.61 Å². The lowest BCUT2D eigenvalue weighted by molar-refractivity contribution is 0.168. The predicted molar refractivity (Wildman–Crippen MR) is 149 cm³/mol. The number of hydrogen-bond acceptors (Lipinski definition) is 7. The summed E-state index contributed by atoms with van der Waals surface area (Å²) in [5, 5.41) is 13.7. The lowest BCUT2D eigenvalue weighted by atomic mass is 9.98. The van der Waals surface area contributed by atoms with E-state index in [0.29, 0.717) is 48.1 Å². The SMILES string of the molecule is CCOc1ccc2[nH]c(=O)c(C(c3nnnn3C(C)(C)CC)N(Cc3ccc(F)cc3)Cc3ccco3)cc2c1. The number of nitrogens with zero attached hydrogens (tertiary/aromatic N) is 5.